The fourth-order valence-corrected chi connectivity index (χ4v) is 1.75. The molecule has 3 nitrogen and oxygen atoms in total. The van der Waals surface area contributed by atoms with Gasteiger partial charge < -0.3 is 5.73 Å². The largest absolute Gasteiger partial charge is 0.327 e. The molecule has 1 heterocycles. The Kier molecular flexibility index (Phi) is 5.40. The van der Waals surface area contributed by atoms with Gasteiger partial charge in [-0.2, -0.15) is 5.10 Å². The highest BCUT2D eigenvalue weighted by atomic mass is 15.3. The average Bonchev–Trinajstić information content (AvgIpc) is 2.66. The van der Waals surface area contributed by atoms with Crippen molar-refractivity contribution in [2.24, 2.45) is 5.73 Å². The summed E-state index contributed by atoms with van der Waals surface area (Å²) in [5, 5.41) is 4.25. The molecule has 1 unspecified atom stereocenters. The zero-order valence-electron chi connectivity index (χ0n) is 9.95. The third-order valence-electron chi connectivity index (χ3n) is 2.69. The van der Waals surface area contributed by atoms with Crippen LogP contribution in [0.25, 0.3) is 0 Å². The highest BCUT2D eigenvalue weighted by molar-refractivity contribution is 5.05. The molecule has 0 saturated heterocycles. The van der Waals surface area contributed by atoms with E-state index in [0.29, 0.717) is 6.04 Å². The molecule has 0 fully saturated rings. The molecule has 0 aromatic carbocycles. The van der Waals surface area contributed by atoms with E-state index in [4.69, 9.17) is 5.73 Å². The summed E-state index contributed by atoms with van der Waals surface area (Å²) < 4.78 is 1.95. The quantitative estimate of drug-likeness (QED) is 0.701. The van der Waals surface area contributed by atoms with Crippen molar-refractivity contribution < 1.29 is 0 Å². The Morgan fingerprint density at radius 1 is 1.40 bits per heavy atom. The van der Waals surface area contributed by atoms with E-state index in [1.165, 1.54) is 24.8 Å². The number of hydrogen-bond donors (Lipinski definition) is 1. The molecule has 15 heavy (non-hydrogen) atoms. The van der Waals surface area contributed by atoms with Gasteiger partial charge in [-0.15, -0.1) is 0 Å². The number of rotatable bonds is 7. The predicted octanol–water partition coefficient (Wildman–Crippen LogP) is 2.35. The van der Waals surface area contributed by atoms with Crippen molar-refractivity contribution in [2.45, 2.75) is 58.5 Å². The summed E-state index contributed by atoms with van der Waals surface area (Å²) >= 11 is 0. The Hall–Kier alpha value is -0.830. The molecule has 0 saturated carbocycles. The second kappa shape index (κ2) is 6.62. The Bertz CT molecular complexity index is 268. The minimum atomic E-state index is 0.297. The molecule has 1 rings (SSSR count). The third kappa shape index (κ3) is 4.47. The summed E-state index contributed by atoms with van der Waals surface area (Å²) in [6.45, 7) is 5.25. The fraction of sp³-hybridized carbons (Fsp3) is 0.750. The average molecular weight is 209 g/mol. The summed E-state index contributed by atoms with van der Waals surface area (Å²) in [5.41, 5.74) is 7.32. The number of unbranched alkanes of at least 4 members (excludes halogenated alkanes) is 2. The van der Waals surface area contributed by atoms with Gasteiger partial charge in [0.05, 0.1) is 6.20 Å². The zero-order chi connectivity index (χ0) is 11.1. The molecule has 3 heteroatoms. The molecule has 0 aliphatic carbocycles. The van der Waals surface area contributed by atoms with Crippen LogP contribution in [0.4, 0.5) is 0 Å². The Morgan fingerprint density at radius 2 is 2.20 bits per heavy atom. The van der Waals surface area contributed by atoms with E-state index in [1.54, 1.807) is 0 Å². The minimum absolute atomic E-state index is 0.297. The second-order valence-corrected chi connectivity index (χ2v) is 4.16. The number of nitrogens with two attached hydrogens (primary N) is 1. The van der Waals surface area contributed by atoms with Crippen molar-refractivity contribution in [3.05, 3.63) is 18.0 Å². The van der Waals surface area contributed by atoms with E-state index in [2.05, 4.69) is 25.1 Å². The van der Waals surface area contributed by atoms with Gasteiger partial charge in [-0.1, -0.05) is 26.2 Å². The van der Waals surface area contributed by atoms with Gasteiger partial charge in [0.2, 0.25) is 0 Å². The van der Waals surface area contributed by atoms with Crippen LogP contribution in [0.3, 0.4) is 0 Å². The summed E-state index contributed by atoms with van der Waals surface area (Å²) in [4.78, 5) is 0. The van der Waals surface area contributed by atoms with Gasteiger partial charge in [-0.25, -0.2) is 0 Å². The first kappa shape index (κ1) is 12.2. The van der Waals surface area contributed by atoms with Crippen LogP contribution < -0.4 is 5.73 Å². The number of aryl methyl sites for hydroxylation is 1. The van der Waals surface area contributed by atoms with Gasteiger partial charge >= 0.3 is 0 Å². The van der Waals surface area contributed by atoms with E-state index in [-0.39, 0.29) is 0 Å². The van der Waals surface area contributed by atoms with Gasteiger partial charge in [0.15, 0.2) is 0 Å². The molecule has 0 bridgehead atoms. The molecule has 1 atom stereocenters. The maximum atomic E-state index is 6.06. The van der Waals surface area contributed by atoms with Crippen molar-refractivity contribution in [3.8, 4) is 0 Å². The van der Waals surface area contributed by atoms with Crippen LogP contribution in [0.1, 0.15) is 45.1 Å². The molecular weight excluding hydrogens is 186 g/mol. The first-order chi connectivity index (χ1) is 7.26. The van der Waals surface area contributed by atoms with Crippen molar-refractivity contribution in [2.75, 3.05) is 0 Å². The fourth-order valence-electron chi connectivity index (χ4n) is 1.75. The first-order valence-electron chi connectivity index (χ1n) is 6.03. The molecule has 0 aliphatic rings. The van der Waals surface area contributed by atoms with Crippen molar-refractivity contribution in [3.63, 3.8) is 0 Å². The summed E-state index contributed by atoms with van der Waals surface area (Å²) in [7, 11) is 0. The summed E-state index contributed by atoms with van der Waals surface area (Å²) in [5.74, 6) is 0. The number of nitrogens with zero attached hydrogens (tertiary/aromatic N) is 2. The van der Waals surface area contributed by atoms with E-state index >= 15 is 0 Å². The Morgan fingerprint density at radius 3 is 2.80 bits per heavy atom. The third-order valence-corrected chi connectivity index (χ3v) is 2.69. The SMILES string of the molecule is CCCCCC(N)Cc1cnn(CC)c1. The van der Waals surface area contributed by atoms with Crippen LogP contribution in [0.15, 0.2) is 12.4 Å². The van der Waals surface area contributed by atoms with Crippen LogP contribution >= 0.6 is 0 Å². The monoisotopic (exact) mass is 209 g/mol. The molecule has 2 N–H and O–H groups in total. The molecule has 0 amide bonds. The maximum absolute atomic E-state index is 6.06. The van der Waals surface area contributed by atoms with Gasteiger partial charge in [0.25, 0.3) is 0 Å². The summed E-state index contributed by atoms with van der Waals surface area (Å²) in [6, 6.07) is 0.297. The lowest BCUT2D eigenvalue weighted by Crippen LogP contribution is -2.22. The van der Waals surface area contributed by atoms with Gasteiger partial charge in [-0.05, 0) is 25.3 Å². The normalized spacial score (nSPS) is 13.0. The smallest absolute Gasteiger partial charge is 0.0522 e. The molecular formula is C12H23N3. The highest BCUT2D eigenvalue weighted by Crippen LogP contribution is 2.07. The molecule has 1 aromatic rings. The van der Waals surface area contributed by atoms with E-state index in [9.17, 15) is 0 Å². The molecule has 0 radical (unpaired) electrons. The van der Waals surface area contributed by atoms with E-state index < -0.39 is 0 Å². The van der Waals surface area contributed by atoms with Crippen LogP contribution in [0.2, 0.25) is 0 Å². The molecule has 0 aliphatic heterocycles. The van der Waals surface area contributed by atoms with Crippen LogP contribution in [-0.4, -0.2) is 15.8 Å². The lowest BCUT2D eigenvalue weighted by molar-refractivity contribution is 0.557. The van der Waals surface area contributed by atoms with Gasteiger partial charge in [0, 0.05) is 18.8 Å². The van der Waals surface area contributed by atoms with E-state index in [0.717, 1.165) is 19.4 Å². The van der Waals surface area contributed by atoms with Crippen LogP contribution in [0.5, 0.6) is 0 Å². The van der Waals surface area contributed by atoms with Crippen molar-refractivity contribution in [1.82, 2.24) is 9.78 Å². The Labute approximate surface area is 92.7 Å². The first-order valence-corrected chi connectivity index (χ1v) is 6.03. The second-order valence-electron chi connectivity index (χ2n) is 4.16. The van der Waals surface area contributed by atoms with Gasteiger partial charge in [-0.3, -0.25) is 4.68 Å². The standard InChI is InChI=1S/C12H23N3/c1-3-5-6-7-12(13)8-11-9-14-15(4-2)10-11/h9-10,12H,3-8,13H2,1-2H3. The number of aromatic nitrogens is 2. The zero-order valence-corrected chi connectivity index (χ0v) is 9.95. The molecule has 86 valence electrons. The van der Waals surface area contributed by atoms with Crippen LogP contribution in [-0.2, 0) is 13.0 Å². The topological polar surface area (TPSA) is 43.8 Å². The minimum Gasteiger partial charge on any atom is -0.327 e. The van der Waals surface area contributed by atoms with Crippen molar-refractivity contribution >= 4 is 0 Å². The number of hydrogen-bond acceptors (Lipinski definition) is 2. The predicted molar refractivity (Wildman–Crippen MR) is 63.7 cm³/mol. The molecule has 1 aromatic heterocycles. The highest BCUT2D eigenvalue weighted by Gasteiger charge is 2.05. The van der Waals surface area contributed by atoms with Gasteiger partial charge in [0.1, 0.15) is 0 Å². The summed E-state index contributed by atoms with van der Waals surface area (Å²) in [6.07, 6.45) is 9.93. The Balaban J connectivity index is 2.27. The lowest BCUT2D eigenvalue weighted by Gasteiger charge is -2.09. The van der Waals surface area contributed by atoms with Crippen LogP contribution in [0, 0.1) is 0 Å². The maximum Gasteiger partial charge on any atom is 0.0522 e. The molecule has 0 spiro atoms. The lowest BCUT2D eigenvalue weighted by atomic mass is 10.0. The van der Waals surface area contributed by atoms with Crippen molar-refractivity contribution in [1.29, 1.82) is 0 Å². The van der Waals surface area contributed by atoms with E-state index in [1.807, 2.05) is 10.9 Å².